The second-order valence-electron chi connectivity index (χ2n) is 12.0. The van der Waals surface area contributed by atoms with E-state index in [1.54, 1.807) is 18.2 Å². The number of hydrogen-bond acceptors (Lipinski definition) is 4. The first-order valence-electron chi connectivity index (χ1n) is 13.3. The molecule has 2 aromatic carbocycles. The second kappa shape index (κ2) is 6.04. The van der Waals surface area contributed by atoms with Gasteiger partial charge in [0.1, 0.15) is 5.82 Å². The van der Waals surface area contributed by atoms with E-state index in [9.17, 15) is 14.6 Å². The number of aromatic nitrogens is 1. The standard InChI is InChI=1S/C29H29FN2O3/c30-18-10-17-2-1-8-32-24(17)19(12-18)20-13-29(34)22-11-16-5-6-21(33)26-23(16)28(29,27(35-26)25(20)32)7-9-31(22)14-15-3-4-15/h5-6,10,12,15,22,27,33-34H,1-4,7-9,11,13-14H2/t22-,27+,28?,29-/m1/s1. The summed E-state index contributed by atoms with van der Waals surface area (Å²) in [5.41, 5.74) is 4.98. The van der Waals surface area contributed by atoms with Gasteiger partial charge in [0.15, 0.2) is 17.6 Å². The molecule has 5 nitrogen and oxygen atoms in total. The molecule has 2 N–H and O–H groups in total. The third-order valence-corrected chi connectivity index (χ3v) is 10.4. The van der Waals surface area contributed by atoms with Crippen LogP contribution in [0.5, 0.6) is 11.5 Å². The van der Waals surface area contributed by atoms with Crippen molar-refractivity contribution in [1.29, 1.82) is 0 Å². The van der Waals surface area contributed by atoms with E-state index >= 15 is 0 Å². The summed E-state index contributed by atoms with van der Waals surface area (Å²) in [6.45, 7) is 2.86. The van der Waals surface area contributed by atoms with Gasteiger partial charge in [-0.1, -0.05) is 6.07 Å². The molecule has 6 heteroatoms. The fourth-order valence-electron chi connectivity index (χ4n) is 8.88. The number of hydrogen-bond donors (Lipinski definition) is 2. The number of aliphatic hydroxyl groups is 1. The first kappa shape index (κ1) is 19.6. The molecule has 180 valence electrons. The normalized spacial score (nSPS) is 34.0. The Morgan fingerprint density at radius 2 is 2.03 bits per heavy atom. The number of nitrogens with zero attached hydrogens (tertiary/aromatic N) is 2. The minimum absolute atomic E-state index is 0.00403. The van der Waals surface area contributed by atoms with E-state index in [0.29, 0.717) is 12.2 Å². The van der Waals surface area contributed by atoms with Crippen molar-refractivity contribution in [2.75, 3.05) is 13.1 Å². The number of phenols is 1. The number of aromatic hydroxyl groups is 1. The lowest BCUT2D eigenvalue weighted by Crippen LogP contribution is -2.74. The fourth-order valence-corrected chi connectivity index (χ4v) is 8.88. The highest BCUT2D eigenvalue weighted by Gasteiger charge is 2.73. The van der Waals surface area contributed by atoms with Crippen molar-refractivity contribution >= 4 is 10.9 Å². The topological polar surface area (TPSA) is 57.9 Å². The average Bonchev–Trinajstić information content (AvgIpc) is 3.50. The lowest BCUT2D eigenvalue weighted by molar-refractivity contribution is -0.173. The molecule has 1 aromatic heterocycles. The maximum absolute atomic E-state index is 14.8. The summed E-state index contributed by atoms with van der Waals surface area (Å²) in [6, 6.07) is 7.17. The highest BCUT2D eigenvalue weighted by Crippen LogP contribution is 2.69. The summed E-state index contributed by atoms with van der Waals surface area (Å²) in [5, 5.41) is 24.8. The molecule has 35 heavy (non-hydrogen) atoms. The maximum Gasteiger partial charge on any atom is 0.166 e. The van der Waals surface area contributed by atoms with Gasteiger partial charge in [0.05, 0.1) is 22.2 Å². The molecule has 0 amide bonds. The van der Waals surface area contributed by atoms with Crippen LogP contribution in [0, 0.1) is 11.7 Å². The lowest BCUT2D eigenvalue weighted by atomic mass is 9.49. The number of piperidine rings is 1. The zero-order valence-corrected chi connectivity index (χ0v) is 19.7. The van der Waals surface area contributed by atoms with E-state index in [2.05, 4.69) is 15.5 Å². The predicted molar refractivity (Wildman–Crippen MR) is 128 cm³/mol. The SMILES string of the molecule is Oc1ccc2c3c1O[C@H]1c4c(c5cc(F)cc6c5n4CCC6)C[C@@]4(O)[C@@H](C2)N(CC2CC2)CCC314. The van der Waals surface area contributed by atoms with Crippen LogP contribution >= 0.6 is 0 Å². The van der Waals surface area contributed by atoms with E-state index in [1.807, 2.05) is 0 Å². The Bertz CT molecular complexity index is 1470. The zero-order chi connectivity index (χ0) is 23.3. The van der Waals surface area contributed by atoms with E-state index in [-0.39, 0.29) is 23.7 Å². The van der Waals surface area contributed by atoms with Gasteiger partial charge in [0, 0.05) is 36.5 Å². The minimum Gasteiger partial charge on any atom is -0.504 e. The number of benzene rings is 2. The zero-order valence-electron chi connectivity index (χ0n) is 19.7. The molecule has 4 heterocycles. The molecule has 4 atom stereocenters. The summed E-state index contributed by atoms with van der Waals surface area (Å²) in [6.07, 6.45) is 6.12. The van der Waals surface area contributed by atoms with Gasteiger partial charge in [-0.2, -0.15) is 0 Å². The van der Waals surface area contributed by atoms with E-state index in [1.165, 1.54) is 18.4 Å². The van der Waals surface area contributed by atoms with Gasteiger partial charge < -0.3 is 19.5 Å². The van der Waals surface area contributed by atoms with Crippen LogP contribution in [0.15, 0.2) is 24.3 Å². The van der Waals surface area contributed by atoms with Crippen molar-refractivity contribution in [3.63, 3.8) is 0 Å². The molecule has 9 rings (SSSR count). The van der Waals surface area contributed by atoms with Gasteiger partial charge in [0.25, 0.3) is 0 Å². The number of phenolic OH excluding ortho intramolecular Hbond substituents is 1. The summed E-state index contributed by atoms with van der Waals surface area (Å²) in [7, 11) is 0. The smallest absolute Gasteiger partial charge is 0.166 e. The number of likely N-dealkylation sites (tertiary alicyclic amines) is 1. The molecule has 0 radical (unpaired) electrons. The summed E-state index contributed by atoms with van der Waals surface area (Å²) in [5.74, 6) is 1.27. The van der Waals surface area contributed by atoms with Crippen molar-refractivity contribution in [3.8, 4) is 11.5 Å². The highest BCUT2D eigenvalue weighted by atomic mass is 19.1. The third-order valence-electron chi connectivity index (χ3n) is 10.4. The van der Waals surface area contributed by atoms with Crippen LogP contribution in [0.25, 0.3) is 10.9 Å². The van der Waals surface area contributed by atoms with Crippen LogP contribution in [0.3, 0.4) is 0 Å². The van der Waals surface area contributed by atoms with Gasteiger partial charge in [-0.3, -0.25) is 4.90 Å². The number of fused-ring (bicyclic) bond motifs is 4. The van der Waals surface area contributed by atoms with Crippen molar-refractivity contribution in [2.24, 2.45) is 5.92 Å². The number of ether oxygens (including phenoxy) is 1. The second-order valence-corrected chi connectivity index (χ2v) is 12.0. The average molecular weight is 473 g/mol. The van der Waals surface area contributed by atoms with Gasteiger partial charge >= 0.3 is 0 Å². The quantitative estimate of drug-likeness (QED) is 0.589. The largest absolute Gasteiger partial charge is 0.504 e. The van der Waals surface area contributed by atoms with Gasteiger partial charge in [-0.05, 0) is 85.9 Å². The van der Waals surface area contributed by atoms with Crippen LogP contribution < -0.4 is 4.74 Å². The van der Waals surface area contributed by atoms with Crippen molar-refractivity contribution in [2.45, 2.75) is 74.7 Å². The molecule has 1 spiro atoms. The first-order valence-corrected chi connectivity index (χ1v) is 13.3. The molecule has 3 aliphatic carbocycles. The number of halogens is 1. The Hall–Kier alpha value is -2.57. The molecular weight excluding hydrogens is 443 g/mol. The first-order chi connectivity index (χ1) is 17.0. The molecule has 6 aliphatic rings. The Morgan fingerprint density at radius 3 is 2.89 bits per heavy atom. The Kier molecular flexibility index (Phi) is 3.38. The molecule has 2 fully saturated rings. The number of rotatable bonds is 2. The van der Waals surface area contributed by atoms with Crippen LogP contribution in [-0.2, 0) is 31.2 Å². The minimum atomic E-state index is -1.02. The molecular formula is C29H29FN2O3. The molecule has 3 aromatic rings. The fraction of sp³-hybridized carbons (Fsp3) is 0.517. The summed E-state index contributed by atoms with van der Waals surface area (Å²) < 4.78 is 23.9. The molecule has 2 bridgehead atoms. The summed E-state index contributed by atoms with van der Waals surface area (Å²) >= 11 is 0. The van der Waals surface area contributed by atoms with Crippen molar-refractivity contribution in [3.05, 3.63) is 58.0 Å². The van der Waals surface area contributed by atoms with Crippen LogP contribution in [0.2, 0.25) is 0 Å². The van der Waals surface area contributed by atoms with Gasteiger partial charge in [0.2, 0.25) is 0 Å². The third kappa shape index (κ3) is 2.12. The highest BCUT2D eigenvalue weighted by molar-refractivity contribution is 5.90. The molecule has 1 saturated carbocycles. The lowest BCUT2D eigenvalue weighted by Gasteiger charge is -2.63. The van der Waals surface area contributed by atoms with E-state index < -0.39 is 11.0 Å². The van der Waals surface area contributed by atoms with Gasteiger partial charge in [-0.15, -0.1) is 0 Å². The Morgan fingerprint density at radius 1 is 1.14 bits per heavy atom. The monoisotopic (exact) mass is 472 g/mol. The van der Waals surface area contributed by atoms with Crippen molar-refractivity contribution in [1.82, 2.24) is 9.47 Å². The van der Waals surface area contributed by atoms with Gasteiger partial charge in [-0.25, -0.2) is 4.39 Å². The van der Waals surface area contributed by atoms with Crippen molar-refractivity contribution < 1.29 is 19.3 Å². The van der Waals surface area contributed by atoms with Crippen LogP contribution in [0.1, 0.15) is 59.7 Å². The molecule has 3 aliphatic heterocycles. The molecule has 1 saturated heterocycles. The summed E-state index contributed by atoms with van der Waals surface area (Å²) in [4.78, 5) is 2.54. The maximum atomic E-state index is 14.8. The van der Waals surface area contributed by atoms with Crippen LogP contribution in [-0.4, -0.2) is 44.4 Å². The Balaban J connectivity index is 1.36. The predicted octanol–water partition coefficient (Wildman–Crippen LogP) is 4.13. The van der Waals surface area contributed by atoms with E-state index in [4.69, 9.17) is 4.74 Å². The molecule has 1 unspecified atom stereocenters. The van der Waals surface area contributed by atoms with E-state index in [0.717, 1.165) is 84.5 Å². The number of aryl methyl sites for hydroxylation is 2. The van der Waals surface area contributed by atoms with Crippen LogP contribution in [0.4, 0.5) is 4.39 Å². The Labute approximate surface area is 203 Å².